The fourth-order valence-electron chi connectivity index (χ4n) is 2.95. The summed E-state index contributed by atoms with van der Waals surface area (Å²) >= 11 is -2.02. The molecule has 0 aliphatic carbocycles. The first-order valence-electron chi connectivity index (χ1n) is 7.92. The van der Waals surface area contributed by atoms with Gasteiger partial charge in [-0.2, -0.15) is 0 Å². The van der Waals surface area contributed by atoms with Crippen LogP contribution in [0.4, 0.5) is 0 Å². The Morgan fingerprint density at radius 3 is 1.35 bits per heavy atom. The van der Waals surface area contributed by atoms with Crippen molar-refractivity contribution < 1.29 is 0 Å². The molecule has 2 heteroatoms. The van der Waals surface area contributed by atoms with Crippen molar-refractivity contribution in [2.75, 3.05) is 0 Å². The van der Waals surface area contributed by atoms with E-state index in [1.165, 1.54) is 44.9 Å². The molecular formula is C15H35NSn. The number of hydrogen-bond acceptors (Lipinski definition) is 1. The molecule has 0 aromatic heterocycles. The van der Waals surface area contributed by atoms with Gasteiger partial charge >= 0.3 is 114 Å². The molecule has 2 N–H and O–H groups in total. The fourth-order valence-corrected chi connectivity index (χ4v) is 19.8. The maximum absolute atomic E-state index is 6.57. The molecule has 0 aliphatic heterocycles. The van der Waals surface area contributed by atoms with Crippen molar-refractivity contribution in [3.8, 4) is 0 Å². The van der Waals surface area contributed by atoms with Crippen LogP contribution in [0.15, 0.2) is 0 Å². The van der Waals surface area contributed by atoms with Crippen LogP contribution >= 0.6 is 0 Å². The molecule has 0 spiro atoms. The molecular weight excluding hydrogens is 313 g/mol. The Balaban J connectivity index is 4.63. The van der Waals surface area contributed by atoms with Crippen LogP contribution in [-0.4, -0.2) is 22.4 Å². The van der Waals surface area contributed by atoms with Crippen LogP contribution < -0.4 is 5.73 Å². The van der Waals surface area contributed by atoms with Crippen molar-refractivity contribution in [2.24, 2.45) is 5.73 Å². The molecule has 0 aromatic rings. The summed E-state index contributed by atoms with van der Waals surface area (Å²) < 4.78 is 5.29. The average molecular weight is 348 g/mol. The van der Waals surface area contributed by atoms with Crippen molar-refractivity contribution in [3.63, 3.8) is 0 Å². The van der Waals surface area contributed by atoms with Crippen LogP contribution in [0.25, 0.3) is 0 Å². The zero-order chi connectivity index (χ0) is 13.1. The van der Waals surface area contributed by atoms with Crippen LogP contribution in [0, 0.1) is 0 Å². The monoisotopic (exact) mass is 349 g/mol. The van der Waals surface area contributed by atoms with E-state index in [1.54, 1.807) is 13.3 Å². The minimum atomic E-state index is -2.02. The second kappa shape index (κ2) is 10.7. The van der Waals surface area contributed by atoms with Gasteiger partial charge in [0, 0.05) is 0 Å². The normalized spacial score (nSPS) is 13.9. The average Bonchev–Trinajstić information content (AvgIpc) is 2.37. The molecule has 0 heterocycles. The van der Waals surface area contributed by atoms with Crippen molar-refractivity contribution in [1.82, 2.24) is 0 Å². The molecule has 0 aliphatic rings. The second-order valence-corrected chi connectivity index (χ2v) is 19.9. The Morgan fingerprint density at radius 1 is 0.765 bits per heavy atom. The van der Waals surface area contributed by atoms with Gasteiger partial charge in [-0.05, 0) is 0 Å². The van der Waals surface area contributed by atoms with E-state index in [2.05, 4.69) is 27.7 Å². The molecule has 0 amide bonds. The molecule has 0 fully saturated rings. The van der Waals surface area contributed by atoms with Crippen molar-refractivity contribution in [3.05, 3.63) is 0 Å². The molecule has 0 saturated heterocycles. The molecule has 104 valence electrons. The molecule has 1 unspecified atom stereocenters. The summed E-state index contributed by atoms with van der Waals surface area (Å²) in [6.07, 6.45) is 9.62. The van der Waals surface area contributed by atoms with Gasteiger partial charge in [-0.1, -0.05) is 0 Å². The van der Waals surface area contributed by atoms with Gasteiger partial charge in [0.15, 0.2) is 0 Å². The van der Waals surface area contributed by atoms with Gasteiger partial charge in [0.25, 0.3) is 0 Å². The van der Waals surface area contributed by atoms with Crippen molar-refractivity contribution in [1.29, 1.82) is 0 Å². The van der Waals surface area contributed by atoms with E-state index in [9.17, 15) is 0 Å². The molecule has 0 aromatic carbocycles. The Labute approximate surface area is 114 Å². The Kier molecular flexibility index (Phi) is 11.1. The van der Waals surface area contributed by atoms with E-state index in [0.29, 0.717) is 4.06 Å². The van der Waals surface area contributed by atoms with Gasteiger partial charge in [-0.3, -0.25) is 0 Å². The number of hydrogen-bond donors (Lipinski definition) is 1. The number of rotatable bonds is 11. The van der Waals surface area contributed by atoms with Crippen LogP contribution in [0.3, 0.4) is 0 Å². The zero-order valence-electron chi connectivity index (χ0n) is 12.7. The van der Waals surface area contributed by atoms with E-state index in [-0.39, 0.29) is 0 Å². The van der Waals surface area contributed by atoms with Gasteiger partial charge in [0.2, 0.25) is 0 Å². The first kappa shape index (κ1) is 17.8. The van der Waals surface area contributed by atoms with Crippen LogP contribution in [0.5, 0.6) is 0 Å². The van der Waals surface area contributed by atoms with E-state index >= 15 is 0 Å². The van der Waals surface area contributed by atoms with E-state index < -0.39 is 18.4 Å². The third-order valence-corrected chi connectivity index (χ3v) is 21.5. The number of unbranched alkanes of at least 4 members (excludes halogenated alkanes) is 3. The third-order valence-electron chi connectivity index (χ3n) is 4.31. The van der Waals surface area contributed by atoms with Gasteiger partial charge in [0.1, 0.15) is 0 Å². The Morgan fingerprint density at radius 2 is 1.12 bits per heavy atom. The maximum atomic E-state index is 6.57. The summed E-state index contributed by atoms with van der Waals surface area (Å²) in [5.41, 5.74) is 6.57. The first-order chi connectivity index (χ1) is 8.16. The first-order valence-corrected chi connectivity index (χ1v) is 15.6. The van der Waals surface area contributed by atoms with Gasteiger partial charge in [-0.15, -0.1) is 0 Å². The zero-order valence-corrected chi connectivity index (χ0v) is 15.6. The summed E-state index contributed by atoms with van der Waals surface area (Å²) in [6.45, 7) is 9.29. The predicted molar refractivity (Wildman–Crippen MR) is 83.2 cm³/mol. The van der Waals surface area contributed by atoms with Crippen molar-refractivity contribution in [2.45, 2.75) is 90.0 Å². The Bertz CT molecular complexity index is 149. The third kappa shape index (κ3) is 6.47. The molecule has 0 rings (SSSR count). The summed E-state index contributed by atoms with van der Waals surface area (Å²) in [5, 5.41) is 0. The topological polar surface area (TPSA) is 26.0 Å². The molecule has 1 atom stereocenters. The van der Waals surface area contributed by atoms with Gasteiger partial charge in [-0.25, -0.2) is 0 Å². The van der Waals surface area contributed by atoms with Gasteiger partial charge in [0.05, 0.1) is 0 Å². The summed E-state index contributed by atoms with van der Waals surface area (Å²) in [5.74, 6) is 0. The summed E-state index contributed by atoms with van der Waals surface area (Å²) in [6, 6.07) is 0. The standard InChI is InChI=1S/3C4H9.C3H8N.Sn/c3*1-3-4-2;1-2-3-4;/h3*1,3-4H2,2H3;3H,2,4H2,1H3;. The molecule has 17 heavy (non-hydrogen) atoms. The van der Waals surface area contributed by atoms with E-state index in [0.717, 1.165) is 0 Å². The summed E-state index contributed by atoms with van der Waals surface area (Å²) in [4.78, 5) is 0. The van der Waals surface area contributed by atoms with Crippen LogP contribution in [0.1, 0.15) is 72.6 Å². The van der Waals surface area contributed by atoms with Gasteiger partial charge < -0.3 is 0 Å². The molecule has 0 saturated carbocycles. The van der Waals surface area contributed by atoms with Crippen molar-refractivity contribution >= 4 is 18.4 Å². The molecule has 1 nitrogen and oxygen atoms in total. The SMILES string of the molecule is CCC[CH2][Sn]([CH2]CCC)([CH2]CCC)[CH](N)CC. The second-order valence-electron chi connectivity index (χ2n) is 5.69. The van der Waals surface area contributed by atoms with E-state index in [1.807, 2.05) is 0 Å². The molecule has 0 radical (unpaired) electrons. The molecule has 0 bridgehead atoms. The minimum absolute atomic E-state index is 0.619. The predicted octanol–water partition coefficient (Wildman–Crippen LogP) is 5.11. The quantitative estimate of drug-likeness (QED) is 0.516. The van der Waals surface area contributed by atoms with Crippen LogP contribution in [0.2, 0.25) is 13.3 Å². The number of nitrogens with two attached hydrogens (primary N) is 1. The fraction of sp³-hybridized carbons (Fsp3) is 1.00. The Hall–Kier alpha value is 0.759. The van der Waals surface area contributed by atoms with Crippen LogP contribution in [-0.2, 0) is 0 Å². The van der Waals surface area contributed by atoms with E-state index in [4.69, 9.17) is 5.73 Å². The summed E-state index contributed by atoms with van der Waals surface area (Å²) in [7, 11) is 0.